The highest BCUT2D eigenvalue weighted by atomic mass is 16.5. The zero-order valence-corrected chi connectivity index (χ0v) is 9.63. The van der Waals surface area contributed by atoms with Crippen LogP contribution < -0.4 is 0 Å². The first kappa shape index (κ1) is 11.8. The van der Waals surface area contributed by atoms with Crippen LogP contribution in [-0.4, -0.2) is 19.2 Å². The molecule has 0 bridgehead atoms. The lowest BCUT2D eigenvalue weighted by Crippen LogP contribution is -2.12. The van der Waals surface area contributed by atoms with Crippen LogP contribution in [0.3, 0.4) is 0 Å². The molecule has 0 radical (unpaired) electrons. The van der Waals surface area contributed by atoms with Crippen molar-refractivity contribution in [3.05, 3.63) is 23.0 Å². The number of hydrogen-bond donors (Lipinski definition) is 0. The van der Waals surface area contributed by atoms with E-state index in [2.05, 4.69) is 0 Å². The smallest absolute Gasteiger partial charge is 0.334 e. The van der Waals surface area contributed by atoms with E-state index in [9.17, 15) is 4.79 Å². The minimum absolute atomic E-state index is 0.193. The third kappa shape index (κ3) is 3.11. The van der Waals surface area contributed by atoms with Crippen molar-refractivity contribution in [2.45, 2.75) is 33.6 Å². The molecule has 0 unspecified atom stereocenters. The molecule has 0 N–H and O–H groups in total. The summed E-state index contributed by atoms with van der Waals surface area (Å²) in [5.41, 5.74) is 1.74. The molecular formula is C12H18O3. The van der Waals surface area contributed by atoms with Crippen LogP contribution in [0.15, 0.2) is 23.0 Å². The van der Waals surface area contributed by atoms with Gasteiger partial charge in [-0.05, 0) is 38.8 Å². The van der Waals surface area contributed by atoms with Gasteiger partial charge >= 0.3 is 5.97 Å². The van der Waals surface area contributed by atoms with Crippen LogP contribution in [-0.2, 0) is 14.3 Å². The van der Waals surface area contributed by atoms with Crippen LogP contribution in [0.5, 0.6) is 0 Å². The zero-order chi connectivity index (χ0) is 11.3. The van der Waals surface area contributed by atoms with E-state index < -0.39 is 0 Å². The molecule has 0 aromatic rings. The van der Waals surface area contributed by atoms with E-state index in [1.54, 1.807) is 0 Å². The number of esters is 1. The van der Waals surface area contributed by atoms with Gasteiger partial charge in [0.05, 0.1) is 19.0 Å². The highest BCUT2D eigenvalue weighted by molar-refractivity contribution is 5.90. The molecule has 3 nitrogen and oxygen atoms in total. The van der Waals surface area contributed by atoms with E-state index in [1.165, 1.54) is 0 Å². The molecule has 0 aromatic carbocycles. The van der Waals surface area contributed by atoms with Gasteiger partial charge in [0, 0.05) is 12.0 Å². The highest BCUT2D eigenvalue weighted by Crippen LogP contribution is 2.25. The number of hydrogen-bond acceptors (Lipinski definition) is 3. The van der Waals surface area contributed by atoms with Crippen molar-refractivity contribution in [3.8, 4) is 0 Å². The number of carbonyl (C=O) groups excluding carboxylic acids is 1. The fourth-order valence-electron chi connectivity index (χ4n) is 1.63. The number of rotatable bonds is 4. The van der Waals surface area contributed by atoms with E-state index in [-0.39, 0.29) is 5.97 Å². The molecular weight excluding hydrogens is 192 g/mol. The molecule has 0 aromatic heterocycles. The first-order valence-electron chi connectivity index (χ1n) is 5.39. The van der Waals surface area contributed by atoms with Gasteiger partial charge in [0.15, 0.2) is 0 Å². The van der Waals surface area contributed by atoms with E-state index in [1.807, 2.05) is 26.8 Å². The Bertz CT molecular complexity index is 300. The lowest BCUT2D eigenvalue weighted by Gasteiger charge is -2.17. The Morgan fingerprint density at radius 2 is 2.07 bits per heavy atom. The molecule has 0 amide bonds. The summed E-state index contributed by atoms with van der Waals surface area (Å²) < 4.78 is 10.4. The molecule has 1 rings (SSSR count). The van der Waals surface area contributed by atoms with E-state index in [0.717, 1.165) is 29.7 Å². The van der Waals surface area contributed by atoms with E-state index in [4.69, 9.17) is 9.47 Å². The zero-order valence-electron chi connectivity index (χ0n) is 9.63. The number of allylic oxidation sites excluding steroid dienone is 3. The van der Waals surface area contributed by atoms with Gasteiger partial charge in [0.2, 0.25) is 0 Å². The van der Waals surface area contributed by atoms with Crippen molar-refractivity contribution in [1.82, 2.24) is 0 Å². The van der Waals surface area contributed by atoms with Gasteiger partial charge in [-0.15, -0.1) is 0 Å². The molecule has 0 saturated carbocycles. The van der Waals surface area contributed by atoms with Crippen LogP contribution in [0.25, 0.3) is 0 Å². The molecule has 0 heterocycles. The standard InChI is InChI=1S/C12H18O3/c1-4-14-10-6-7-11(9(3)8-10)12(13)15-5-2/h8H,4-7H2,1-3H3. The van der Waals surface area contributed by atoms with Crippen molar-refractivity contribution in [1.29, 1.82) is 0 Å². The van der Waals surface area contributed by atoms with Gasteiger partial charge in [-0.2, -0.15) is 0 Å². The average molecular weight is 210 g/mol. The molecule has 0 spiro atoms. The fraction of sp³-hybridized carbons (Fsp3) is 0.583. The van der Waals surface area contributed by atoms with Crippen LogP contribution >= 0.6 is 0 Å². The fourth-order valence-corrected chi connectivity index (χ4v) is 1.63. The second-order valence-corrected chi connectivity index (χ2v) is 3.43. The van der Waals surface area contributed by atoms with Gasteiger partial charge in [0.25, 0.3) is 0 Å². The summed E-state index contributed by atoms with van der Waals surface area (Å²) in [6.45, 7) is 6.80. The van der Waals surface area contributed by atoms with Crippen molar-refractivity contribution in [2.24, 2.45) is 0 Å². The van der Waals surface area contributed by atoms with Crippen molar-refractivity contribution < 1.29 is 14.3 Å². The summed E-state index contributed by atoms with van der Waals surface area (Å²) in [5, 5.41) is 0. The Labute approximate surface area is 90.8 Å². The van der Waals surface area contributed by atoms with Gasteiger partial charge in [0.1, 0.15) is 0 Å². The SMILES string of the molecule is CCOC(=O)C1=C(C)C=C(OCC)CC1. The summed E-state index contributed by atoms with van der Waals surface area (Å²) in [4.78, 5) is 11.5. The summed E-state index contributed by atoms with van der Waals surface area (Å²) in [6.07, 6.45) is 3.44. The predicted octanol–water partition coefficient (Wildman–Crippen LogP) is 2.58. The Morgan fingerprint density at radius 3 is 2.60 bits per heavy atom. The third-order valence-electron chi connectivity index (χ3n) is 2.33. The minimum Gasteiger partial charge on any atom is -0.498 e. The Balaban J connectivity index is 2.74. The highest BCUT2D eigenvalue weighted by Gasteiger charge is 2.18. The Kier molecular flexibility index (Phi) is 4.40. The number of ether oxygens (including phenoxy) is 2. The molecule has 15 heavy (non-hydrogen) atoms. The van der Waals surface area contributed by atoms with Gasteiger partial charge < -0.3 is 9.47 Å². The Hall–Kier alpha value is -1.25. The molecule has 0 fully saturated rings. The largest absolute Gasteiger partial charge is 0.498 e. The van der Waals surface area contributed by atoms with Crippen LogP contribution in [0.2, 0.25) is 0 Å². The predicted molar refractivity (Wildman–Crippen MR) is 58.3 cm³/mol. The lowest BCUT2D eigenvalue weighted by atomic mass is 9.97. The maximum absolute atomic E-state index is 11.5. The molecule has 1 aliphatic carbocycles. The van der Waals surface area contributed by atoms with E-state index in [0.29, 0.717) is 13.2 Å². The molecule has 3 heteroatoms. The monoisotopic (exact) mass is 210 g/mol. The van der Waals surface area contributed by atoms with Crippen molar-refractivity contribution in [3.63, 3.8) is 0 Å². The Morgan fingerprint density at radius 1 is 1.33 bits per heavy atom. The van der Waals surface area contributed by atoms with Gasteiger partial charge in [-0.25, -0.2) is 4.79 Å². The number of carbonyl (C=O) groups is 1. The molecule has 1 aliphatic rings. The van der Waals surface area contributed by atoms with Crippen LogP contribution in [0.4, 0.5) is 0 Å². The summed E-state index contributed by atoms with van der Waals surface area (Å²) in [6, 6.07) is 0. The summed E-state index contributed by atoms with van der Waals surface area (Å²) in [7, 11) is 0. The summed E-state index contributed by atoms with van der Waals surface area (Å²) in [5.74, 6) is 0.768. The average Bonchev–Trinajstić information content (AvgIpc) is 2.18. The molecule has 84 valence electrons. The van der Waals surface area contributed by atoms with Gasteiger partial charge in [-0.3, -0.25) is 0 Å². The van der Waals surface area contributed by atoms with E-state index >= 15 is 0 Å². The maximum atomic E-state index is 11.5. The first-order valence-corrected chi connectivity index (χ1v) is 5.39. The maximum Gasteiger partial charge on any atom is 0.334 e. The summed E-state index contributed by atoms with van der Waals surface area (Å²) >= 11 is 0. The first-order chi connectivity index (χ1) is 7.19. The molecule has 0 atom stereocenters. The topological polar surface area (TPSA) is 35.5 Å². The minimum atomic E-state index is -0.193. The van der Waals surface area contributed by atoms with Crippen molar-refractivity contribution in [2.75, 3.05) is 13.2 Å². The quantitative estimate of drug-likeness (QED) is 0.669. The molecule has 0 saturated heterocycles. The van der Waals surface area contributed by atoms with Gasteiger partial charge in [-0.1, -0.05) is 0 Å². The second-order valence-electron chi connectivity index (χ2n) is 3.43. The second kappa shape index (κ2) is 5.59. The van der Waals surface area contributed by atoms with Crippen LogP contribution in [0, 0.1) is 0 Å². The normalized spacial score (nSPS) is 16.1. The third-order valence-corrected chi connectivity index (χ3v) is 2.33. The lowest BCUT2D eigenvalue weighted by molar-refractivity contribution is -0.138. The van der Waals surface area contributed by atoms with Crippen LogP contribution in [0.1, 0.15) is 33.6 Å². The molecule has 0 aliphatic heterocycles. The van der Waals surface area contributed by atoms with Crippen molar-refractivity contribution >= 4 is 5.97 Å².